The summed E-state index contributed by atoms with van der Waals surface area (Å²) >= 11 is 0. The van der Waals surface area contributed by atoms with Gasteiger partial charge in [-0.1, -0.05) is 276 Å². The number of amides is 1. The second kappa shape index (κ2) is 55.9. The summed E-state index contributed by atoms with van der Waals surface area (Å²) in [6, 6.07) is -0.628. The van der Waals surface area contributed by atoms with Crippen LogP contribution in [0.15, 0.2) is 24.3 Å². The number of unbranched alkanes of at least 4 members (excludes halogenated alkanes) is 42. The summed E-state index contributed by atoms with van der Waals surface area (Å²) in [5.41, 5.74) is 0. The van der Waals surface area contributed by atoms with E-state index in [-0.39, 0.29) is 18.5 Å². The van der Waals surface area contributed by atoms with Crippen LogP contribution in [0.3, 0.4) is 0 Å². The minimum Gasteiger partial charge on any atom is -0.466 e. The molecule has 0 rings (SSSR count). The second-order valence-electron chi connectivity index (χ2n) is 20.3. The van der Waals surface area contributed by atoms with Gasteiger partial charge in [-0.15, -0.1) is 0 Å². The van der Waals surface area contributed by atoms with Crippen LogP contribution >= 0.6 is 0 Å². The number of hydrogen-bond acceptors (Lipinski definition) is 5. The Bertz CT molecular complexity index is 1030. The van der Waals surface area contributed by atoms with Gasteiger partial charge in [-0.05, 0) is 57.8 Å². The van der Waals surface area contributed by atoms with Gasteiger partial charge in [0.2, 0.25) is 5.91 Å². The number of hydrogen-bond donors (Lipinski definition) is 3. The second-order valence-corrected chi connectivity index (χ2v) is 20.3. The highest BCUT2D eigenvalue weighted by molar-refractivity contribution is 5.76. The first-order valence-electron chi connectivity index (χ1n) is 29.6. The lowest BCUT2D eigenvalue weighted by Crippen LogP contribution is -2.45. The largest absolute Gasteiger partial charge is 0.466 e. The SMILES string of the molecule is CCCCCC/C=C\CCCCCCCC(=O)OCCCCCCCCCCCCCCCCCCCCCCCC(=O)NC(CO)C(O)/C=C/CCCCCCCCCCCCCCC. The Morgan fingerprint density at radius 3 is 1.09 bits per heavy atom. The van der Waals surface area contributed by atoms with Gasteiger partial charge in [-0.2, -0.15) is 0 Å². The Morgan fingerprint density at radius 1 is 0.409 bits per heavy atom. The number of aliphatic hydroxyl groups is 2. The molecule has 0 saturated carbocycles. The van der Waals surface area contributed by atoms with Crippen LogP contribution in [0, 0.1) is 0 Å². The average Bonchev–Trinajstić information content (AvgIpc) is 3.32. The molecular formula is C60H115NO5. The maximum absolute atomic E-state index is 12.5. The highest BCUT2D eigenvalue weighted by Gasteiger charge is 2.18. The maximum atomic E-state index is 12.5. The Kier molecular flexibility index (Phi) is 54.5. The molecule has 2 unspecified atom stereocenters. The Hall–Kier alpha value is -1.66. The molecule has 6 heteroatoms. The Balaban J connectivity index is 3.41. The van der Waals surface area contributed by atoms with Crippen molar-refractivity contribution in [2.24, 2.45) is 0 Å². The van der Waals surface area contributed by atoms with Gasteiger partial charge in [0, 0.05) is 12.8 Å². The number of aliphatic hydroxyl groups excluding tert-OH is 2. The molecule has 66 heavy (non-hydrogen) atoms. The first-order valence-corrected chi connectivity index (χ1v) is 29.6. The first kappa shape index (κ1) is 64.3. The van der Waals surface area contributed by atoms with Crippen LogP contribution in [0.1, 0.15) is 322 Å². The van der Waals surface area contributed by atoms with Crippen LogP contribution in [0.4, 0.5) is 0 Å². The smallest absolute Gasteiger partial charge is 0.305 e. The van der Waals surface area contributed by atoms with E-state index >= 15 is 0 Å². The average molecular weight is 931 g/mol. The van der Waals surface area contributed by atoms with Crippen molar-refractivity contribution in [3.8, 4) is 0 Å². The van der Waals surface area contributed by atoms with Crippen LogP contribution in [0.5, 0.6) is 0 Å². The maximum Gasteiger partial charge on any atom is 0.305 e. The van der Waals surface area contributed by atoms with Crippen molar-refractivity contribution >= 4 is 11.9 Å². The lowest BCUT2D eigenvalue weighted by molar-refractivity contribution is -0.143. The fourth-order valence-corrected chi connectivity index (χ4v) is 9.16. The van der Waals surface area contributed by atoms with Crippen molar-refractivity contribution in [1.82, 2.24) is 5.32 Å². The molecule has 0 aliphatic rings. The van der Waals surface area contributed by atoms with Crippen LogP contribution in [0.25, 0.3) is 0 Å². The summed E-state index contributed by atoms with van der Waals surface area (Å²) in [7, 11) is 0. The summed E-state index contributed by atoms with van der Waals surface area (Å²) in [5, 5.41) is 23.1. The standard InChI is InChI=1S/C60H115NO5/c1-3-5-7-9-11-13-15-17-25-29-32-36-40-44-48-52-58(63)57(56-62)61-59(64)53-49-45-41-37-33-30-26-23-21-19-18-20-22-24-27-31-35-39-43-47-51-55-66-60(65)54-50-46-42-38-34-28-16-14-12-10-8-6-4-2/h14,16,48,52,57-58,62-63H,3-13,15,17-47,49-51,53-56H2,1-2H3,(H,61,64)/b16-14-,52-48+. The van der Waals surface area contributed by atoms with E-state index < -0.39 is 12.1 Å². The van der Waals surface area contributed by atoms with Crippen LogP contribution in [0.2, 0.25) is 0 Å². The normalized spacial score (nSPS) is 12.7. The minimum absolute atomic E-state index is 0.00224. The molecule has 0 aliphatic carbocycles. The zero-order valence-corrected chi connectivity index (χ0v) is 44.4. The van der Waals surface area contributed by atoms with Gasteiger partial charge in [-0.25, -0.2) is 0 Å². The quantitative estimate of drug-likeness (QED) is 0.0321. The van der Waals surface area contributed by atoms with Gasteiger partial charge in [0.1, 0.15) is 0 Å². The van der Waals surface area contributed by atoms with Crippen molar-refractivity contribution in [3.05, 3.63) is 24.3 Å². The molecule has 0 radical (unpaired) electrons. The number of esters is 1. The zero-order chi connectivity index (χ0) is 47.9. The number of carbonyl (C=O) groups is 2. The molecule has 0 aromatic heterocycles. The van der Waals surface area contributed by atoms with Gasteiger partial charge in [0.25, 0.3) is 0 Å². The Morgan fingerprint density at radius 2 is 0.712 bits per heavy atom. The molecule has 0 fully saturated rings. The summed E-state index contributed by atoms with van der Waals surface area (Å²) in [6.45, 7) is 4.90. The molecule has 0 aliphatic heterocycles. The molecule has 390 valence electrons. The molecule has 1 amide bonds. The van der Waals surface area contributed by atoms with Crippen LogP contribution in [-0.2, 0) is 14.3 Å². The third-order valence-electron chi connectivity index (χ3n) is 13.7. The fraction of sp³-hybridized carbons (Fsp3) is 0.900. The highest BCUT2D eigenvalue weighted by atomic mass is 16.5. The third-order valence-corrected chi connectivity index (χ3v) is 13.7. The summed E-state index contributed by atoms with van der Waals surface area (Å²) in [4.78, 5) is 24.5. The zero-order valence-electron chi connectivity index (χ0n) is 44.4. The number of ether oxygens (including phenoxy) is 1. The van der Waals surface area contributed by atoms with E-state index in [0.29, 0.717) is 19.4 Å². The summed E-state index contributed by atoms with van der Waals surface area (Å²) < 4.78 is 5.47. The molecule has 3 N–H and O–H groups in total. The number of rotatable bonds is 55. The number of nitrogens with one attached hydrogen (secondary N) is 1. The van der Waals surface area contributed by atoms with Gasteiger partial charge in [0.15, 0.2) is 0 Å². The third kappa shape index (κ3) is 51.7. The van der Waals surface area contributed by atoms with Crippen molar-refractivity contribution in [3.63, 3.8) is 0 Å². The monoisotopic (exact) mass is 930 g/mol. The molecule has 0 aromatic rings. The molecule has 0 aromatic carbocycles. The lowest BCUT2D eigenvalue weighted by atomic mass is 10.0. The molecule has 0 saturated heterocycles. The molecule has 0 bridgehead atoms. The fourth-order valence-electron chi connectivity index (χ4n) is 9.16. The van der Waals surface area contributed by atoms with Gasteiger partial charge >= 0.3 is 5.97 Å². The number of carbonyl (C=O) groups excluding carboxylic acids is 2. The first-order chi connectivity index (χ1) is 32.5. The predicted octanol–water partition coefficient (Wildman–Crippen LogP) is 18.2. The molecule has 2 atom stereocenters. The van der Waals surface area contributed by atoms with E-state index in [1.54, 1.807) is 6.08 Å². The van der Waals surface area contributed by atoms with E-state index in [0.717, 1.165) is 44.9 Å². The predicted molar refractivity (Wildman–Crippen MR) is 287 cm³/mol. The summed E-state index contributed by atoms with van der Waals surface area (Å²) in [5.74, 6) is -0.0655. The van der Waals surface area contributed by atoms with E-state index in [2.05, 4.69) is 31.3 Å². The van der Waals surface area contributed by atoms with Crippen molar-refractivity contribution in [1.29, 1.82) is 0 Å². The Labute approximate surface area is 411 Å². The summed E-state index contributed by atoms with van der Waals surface area (Å²) in [6.07, 6.45) is 67.7. The molecule has 0 heterocycles. The van der Waals surface area contributed by atoms with Gasteiger partial charge < -0.3 is 20.3 Å². The highest BCUT2D eigenvalue weighted by Crippen LogP contribution is 2.17. The minimum atomic E-state index is -0.844. The molecule has 6 nitrogen and oxygen atoms in total. The van der Waals surface area contributed by atoms with Crippen LogP contribution < -0.4 is 5.32 Å². The van der Waals surface area contributed by atoms with E-state index in [1.165, 1.54) is 250 Å². The van der Waals surface area contributed by atoms with Crippen molar-refractivity contribution < 1.29 is 24.5 Å². The van der Waals surface area contributed by atoms with E-state index in [9.17, 15) is 19.8 Å². The van der Waals surface area contributed by atoms with Crippen molar-refractivity contribution in [2.45, 2.75) is 334 Å². The van der Waals surface area contributed by atoms with E-state index in [1.807, 2.05) is 6.08 Å². The lowest BCUT2D eigenvalue weighted by Gasteiger charge is -2.20. The molecular weight excluding hydrogens is 815 g/mol. The van der Waals surface area contributed by atoms with Gasteiger partial charge in [0.05, 0.1) is 25.4 Å². The topological polar surface area (TPSA) is 95.9 Å². The number of allylic oxidation sites excluding steroid dienone is 3. The van der Waals surface area contributed by atoms with E-state index in [4.69, 9.17) is 4.74 Å². The molecule has 0 spiro atoms. The van der Waals surface area contributed by atoms with Crippen LogP contribution in [-0.4, -0.2) is 47.4 Å². The van der Waals surface area contributed by atoms with Gasteiger partial charge in [-0.3, -0.25) is 9.59 Å². The van der Waals surface area contributed by atoms with Crippen molar-refractivity contribution in [2.75, 3.05) is 13.2 Å².